The number of rotatable bonds is 4. The van der Waals surface area contributed by atoms with Gasteiger partial charge in [-0.15, -0.1) is 0 Å². The number of aromatic carboxylic acids is 1. The van der Waals surface area contributed by atoms with Crippen molar-refractivity contribution >= 4 is 18.1 Å². The van der Waals surface area contributed by atoms with Gasteiger partial charge in [-0.1, -0.05) is 6.07 Å². The standard InChI is InChI=1S/C10H11NO4/c1-11(6-12)9-7(10(13)14)4-3-5-8(9)15-2/h3-6H,1-2H3,(H,13,14). The second kappa shape index (κ2) is 4.45. The first-order valence-corrected chi connectivity index (χ1v) is 4.20. The van der Waals surface area contributed by atoms with Crippen molar-refractivity contribution in [2.75, 3.05) is 19.1 Å². The third kappa shape index (κ3) is 2.07. The molecular weight excluding hydrogens is 198 g/mol. The number of carboxylic acids is 1. The third-order valence-electron chi connectivity index (χ3n) is 1.96. The summed E-state index contributed by atoms with van der Waals surface area (Å²) in [6.45, 7) is 0. The molecule has 80 valence electrons. The van der Waals surface area contributed by atoms with Crippen LogP contribution in [0, 0.1) is 0 Å². The van der Waals surface area contributed by atoms with E-state index in [0.717, 1.165) is 0 Å². The molecule has 0 aliphatic carbocycles. The second-order valence-corrected chi connectivity index (χ2v) is 2.88. The zero-order valence-electron chi connectivity index (χ0n) is 8.43. The summed E-state index contributed by atoms with van der Waals surface area (Å²) >= 11 is 0. The summed E-state index contributed by atoms with van der Waals surface area (Å²) in [7, 11) is 2.89. The summed E-state index contributed by atoms with van der Waals surface area (Å²) in [6.07, 6.45) is 0.532. The molecule has 0 aliphatic heterocycles. The van der Waals surface area contributed by atoms with Crippen LogP contribution >= 0.6 is 0 Å². The molecule has 0 atom stereocenters. The lowest BCUT2D eigenvalue weighted by Crippen LogP contribution is -2.18. The van der Waals surface area contributed by atoms with Crippen molar-refractivity contribution < 1.29 is 19.4 Å². The molecule has 1 amide bonds. The van der Waals surface area contributed by atoms with Gasteiger partial charge in [0.1, 0.15) is 11.4 Å². The maximum absolute atomic E-state index is 10.9. The average Bonchev–Trinajstić information content (AvgIpc) is 2.26. The lowest BCUT2D eigenvalue weighted by Gasteiger charge is -2.17. The zero-order valence-corrected chi connectivity index (χ0v) is 8.43. The van der Waals surface area contributed by atoms with Crippen LogP contribution in [0.3, 0.4) is 0 Å². The van der Waals surface area contributed by atoms with Gasteiger partial charge in [0.05, 0.1) is 12.7 Å². The van der Waals surface area contributed by atoms with E-state index in [-0.39, 0.29) is 11.3 Å². The van der Waals surface area contributed by atoms with E-state index < -0.39 is 5.97 Å². The van der Waals surface area contributed by atoms with E-state index in [9.17, 15) is 9.59 Å². The molecule has 0 saturated heterocycles. The van der Waals surface area contributed by atoms with Gasteiger partial charge < -0.3 is 14.7 Å². The highest BCUT2D eigenvalue weighted by atomic mass is 16.5. The summed E-state index contributed by atoms with van der Waals surface area (Å²) in [5.74, 6) is -0.748. The fourth-order valence-electron chi connectivity index (χ4n) is 1.28. The van der Waals surface area contributed by atoms with E-state index >= 15 is 0 Å². The molecule has 5 heteroatoms. The van der Waals surface area contributed by atoms with Crippen LogP contribution < -0.4 is 9.64 Å². The molecule has 15 heavy (non-hydrogen) atoms. The Morgan fingerprint density at radius 1 is 1.53 bits per heavy atom. The number of carbonyl (C=O) groups is 2. The maximum Gasteiger partial charge on any atom is 0.337 e. The van der Waals surface area contributed by atoms with E-state index in [4.69, 9.17) is 9.84 Å². The van der Waals surface area contributed by atoms with Gasteiger partial charge in [-0.2, -0.15) is 0 Å². The van der Waals surface area contributed by atoms with Crippen molar-refractivity contribution in [1.29, 1.82) is 0 Å². The molecule has 5 nitrogen and oxygen atoms in total. The molecule has 1 rings (SSSR count). The van der Waals surface area contributed by atoms with Crippen LogP contribution in [0.4, 0.5) is 5.69 Å². The Hall–Kier alpha value is -2.04. The summed E-state index contributed by atoms with van der Waals surface area (Å²) in [5, 5.41) is 8.93. The van der Waals surface area contributed by atoms with Gasteiger partial charge in [0.25, 0.3) is 0 Å². The number of para-hydroxylation sites is 1. The van der Waals surface area contributed by atoms with E-state index in [1.165, 1.54) is 25.1 Å². The summed E-state index contributed by atoms with van der Waals surface area (Å²) in [5.41, 5.74) is 0.284. The number of hydrogen-bond donors (Lipinski definition) is 1. The third-order valence-corrected chi connectivity index (χ3v) is 1.96. The van der Waals surface area contributed by atoms with Gasteiger partial charge >= 0.3 is 5.97 Å². The first-order chi connectivity index (χ1) is 7.11. The number of methoxy groups -OCH3 is 1. The predicted octanol–water partition coefficient (Wildman–Crippen LogP) is 0.986. The molecule has 1 aromatic rings. The molecule has 1 N–H and O–H groups in total. The minimum absolute atomic E-state index is 0.0314. The Kier molecular flexibility index (Phi) is 3.28. The Labute approximate surface area is 86.9 Å². The fourth-order valence-corrected chi connectivity index (χ4v) is 1.28. The van der Waals surface area contributed by atoms with Gasteiger partial charge in [-0.05, 0) is 12.1 Å². The van der Waals surface area contributed by atoms with Crippen LogP contribution in [-0.4, -0.2) is 31.6 Å². The number of carbonyl (C=O) groups excluding carboxylic acids is 1. The molecule has 0 heterocycles. The summed E-state index contributed by atoms with van der Waals surface area (Å²) < 4.78 is 5.00. The number of amides is 1. The molecule has 0 saturated carbocycles. The number of ether oxygens (including phenoxy) is 1. The Balaban J connectivity index is 3.39. The van der Waals surface area contributed by atoms with E-state index in [0.29, 0.717) is 12.2 Å². The highest BCUT2D eigenvalue weighted by molar-refractivity contribution is 5.99. The minimum Gasteiger partial charge on any atom is -0.495 e. The first-order valence-electron chi connectivity index (χ1n) is 4.20. The van der Waals surface area contributed by atoms with Gasteiger partial charge in [0.2, 0.25) is 6.41 Å². The topological polar surface area (TPSA) is 66.8 Å². The second-order valence-electron chi connectivity index (χ2n) is 2.88. The van der Waals surface area contributed by atoms with Crippen molar-refractivity contribution in [3.05, 3.63) is 23.8 Å². The van der Waals surface area contributed by atoms with Crippen LogP contribution in [0.15, 0.2) is 18.2 Å². The maximum atomic E-state index is 10.9. The van der Waals surface area contributed by atoms with Gasteiger partial charge in [-0.25, -0.2) is 4.79 Å². The first kappa shape index (κ1) is 11.0. The molecule has 0 aliphatic rings. The SMILES string of the molecule is COc1cccc(C(=O)O)c1N(C)C=O. The zero-order chi connectivity index (χ0) is 11.4. The Morgan fingerprint density at radius 3 is 2.67 bits per heavy atom. The number of carboxylic acid groups (broad SMARTS) is 1. The molecule has 0 fully saturated rings. The largest absolute Gasteiger partial charge is 0.495 e. The van der Waals surface area contributed by atoms with Crippen molar-refractivity contribution in [2.45, 2.75) is 0 Å². The minimum atomic E-state index is -1.10. The molecular formula is C10H11NO4. The molecule has 0 bridgehead atoms. The molecule has 0 spiro atoms. The molecule has 0 aromatic heterocycles. The highest BCUT2D eigenvalue weighted by Crippen LogP contribution is 2.30. The Morgan fingerprint density at radius 2 is 2.20 bits per heavy atom. The molecule has 1 aromatic carbocycles. The lowest BCUT2D eigenvalue weighted by atomic mass is 10.1. The molecule has 0 radical (unpaired) electrons. The summed E-state index contributed by atoms with van der Waals surface area (Å²) in [4.78, 5) is 22.7. The van der Waals surface area contributed by atoms with Gasteiger partial charge in [-0.3, -0.25) is 4.79 Å². The van der Waals surface area contributed by atoms with E-state index in [2.05, 4.69) is 0 Å². The van der Waals surface area contributed by atoms with E-state index in [1.807, 2.05) is 0 Å². The number of benzene rings is 1. The van der Waals surface area contributed by atoms with Crippen LogP contribution in [0.5, 0.6) is 5.75 Å². The van der Waals surface area contributed by atoms with Crippen LogP contribution in [-0.2, 0) is 4.79 Å². The molecule has 0 unspecified atom stereocenters. The van der Waals surface area contributed by atoms with Crippen molar-refractivity contribution in [2.24, 2.45) is 0 Å². The van der Waals surface area contributed by atoms with Crippen LogP contribution in [0.1, 0.15) is 10.4 Å². The Bertz CT molecular complexity index is 389. The van der Waals surface area contributed by atoms with Crippen molar-refractivity contribution in [1.82, 2.24) is 0 Å². The van der Waals surface area contributed by atoms with Crippen molar-refractivity contribution in [3.63, 3.8) is 0 Å². The van der Waals surface area contributed by atoms with Gasteiger partial charge in [0, 0.05) is 7.05 Å². The monoisotopic (exact) mass is 209 g/mol. The van der Waals surface area contributed by atoms with Crippen LogP contribution in [0.2, 0.25) is 0 Å². The fraction of sp³-hybridized carbons (Fsp3) is 0.200. The van der Waals surface area contributed by atoms with E-state index in [1.54, 1.807) is 12.1 Å². The van der Waals surface area contributed by atoms with Crippen LogP contribution in [0.25, 0.3) is 0 Å². The normalized spacial score (nSPS) is 9.47. The number of nitrogens with zero attached hydrogens (tertiary/aromatic N) is 1. The smallest absolute Gasteiger partial charge is 0.337 e. The van der Waals surface area contributed by atoms with Gasteiger partial charge in [0.15, 0.2) is 0 Å². The highest BCUT2D eigenvalue weighted by Gasteiger charge is 2.17. The van der Waals surface area contributed by atoms with Crippen molar-refractivity contribution in [3.8, 4) is 5.75 Å². The number of hydrogen-bond acceptors (Lipinski definition) is 3. The summed E-state index contributed by atoms with van der Waals surface area (Å²) in [6, 6.07) is 4.58. The number of anilines is 1. The predicted molar refractivity (Wildman–Crippen MR) is 54.4 cm³/mol. The lowest BCUT2D eigenvalue weighted by molar-refractivity contribution is -0.107. The average molecular weight is 209 g/mol. The quantitative estimate of drug-likeness (QED) is 0.751.